The molecular weight excluding hydrogens is 280 g/mol. The molecule has 0 fully saturated rings. The summed E-state index contributed by atoms with van der Waals surface area (Å²) in [5.74, 6) is 0. The lowest BCUT2D eigenvalue weighted by Gasteiger charge is -2.33. The number of unbranched alkanes of at least 4 members (excludes halogenated alkanes) is 1. The lowest BCUT2D eigenvalue weighted by molar-refractivity contribution is 0.145. The standard InChI is InChI=1S/C21H26N2/c1-2-3-14-22-15-16-23(18-20-12-8-5-9-13-20)21(22)17-19-10-6-4-7-11-19/h4-13,15-16,21H,2-3,14,17-18H2,1H3. The van der Waals surface area contributed by atoms with Gasteiger partial charge >= 0.3 is 0 Å². The first-order valence-electron chi connectivity index (χ1n) is 8.64. The predicted molar refractivity (Wildman–Crippen MR) is 96.7 cm³/mol. The van der Waals surface area contributed by atoms with E-state index < -0.39 is 0 Å². The van der Waals surface area contributed by atoms with E-state index in [0.717, 1.165) is 19.5 Å². The molecule has 23 heavy (non-hydrogen) atoms. The molecule has 2 nitrogen and oxygen atoms in total. The van der Waals surface area contributed by atoms with Gasteiger partial charge in [0, 0.05) is 31.9 Å². The van der Waals surface area contributed by atoms with Crippen molar-refractivity contribution in [2.45, 2.75) is 38.9 Å². The molecule has 2 aromatic rings. The number of benzene rings is 2. The summed E-state index contributed by atoms with van der Waals surface area (Å²) in [6, 6.07) is 21.6. The van der Waals surface area contributed by atoms with Gasteiger partial charge in [0.15, 0.2) is 0 Å². The highest BCUT2D eigenvalue weighted by Crippen LogP contribution is 2.23. The molecule has 0 aromatic heterocycles. The van der Waals surface area contributed by atoms with Crippen molar-refractivity contribution in [1.29, 1.82) is 0 Å². The minimum Gasteiger partial charge on any atom is -0.356 e. The summed E-state index contributed by atoms with van der Waals surface area (Å²) < 4.78 is 0. The van der Waals surface area contributed by atoms with Crippen LogP contribution in [0.2, 0.25) is 0 Å². The van der Waals surface area contributed by atoms with E-state index in [9.17, 15) is 0 Å². The van der Waals surface area contributed by atoms with Gasteiger partial charge in [-0.3, -0.25) is 0 Å². The van der Waals surface area contributed by atoms with Crippen molar-refractivity contribution in [1.82, 2.24) is 9.80 Å². The van der Waals surface area contributed by atoms with E-state index in [4.69, 9.17) is 0 Å². The monoisotopic (exact) mass is 306 g/mol. The smallest absolute Gasteiger partial charge is 0.105 e. The van der Waals surface area contributed by atoms with Gasteiger partial charge < -0.3 is 9.80 Å². The average Bonchev–Trinajstić information content (AvgIpc) is 2.96. The van der Waals surface area contributed by atoms with Gasteiger partial charge in [-0.15, -0.1) is 0 Å². The molecule has 1 heterocycles. The molecule has 0 bridgehead atoms. The Hall–Kier alpha value is -2.22. The summed E-state index contributed by atoms with van der Waals surface area (Å²) in [7, 11) is 0. The maximum atomic E-state index is 2.50. The summed E-state index contributed by atoms with van der Waals surface area (Å²) in [5, 5.41) is 0. The molecule has 0 saturated carbocycles. The van der Waals surface area contributed by atoms with Crippen LogP contribution in [0.15, 0.2) is 73.1 Å². The fourth-order valence-electron chi connectivity index (χ4n) is 3.14. The second kappa shape index (κ2) is 7.87. The van der Waals surface area contributed by atoms with Gasteiger partial charge in [-0.05, 0) is 17.5 Å². The van der Waals surface area contributed by atoms with Gasteiger partial charge in [0.25, 0.3) is 0 Å². The van der Waals surface area contributed by atoms with Crippen LogP contribution in [0.1, 0.15) is 30.9 Å². The van der Waals surface area contributed by atoms with Gasteiger partial charge in [-0.25, -0.2) is 0 Å². The van der Waals surface area contributed by atoms with Gasteiger partial charge in [-0.1, -0.05) is 74.0 Å². The first kappa shape index (κ1) is 15.7. The van der Waals surface area contributed by atoms with Gasteiger partial charge in [-0.2, -0.15) is 0 Å². The second-order valence-corrected chi connectivity index (χ2v) is 6.22. The van der Waals surface area contributed by atoms with E-state index in [1.54, 1.807) is 0 Å². The summed E-state index contributed by atoms with van der Waals surface area (Å²) in [6.45, 7) is 4.36. The van der Waals surface area contributed by atoms with Crippen LogP contribution in [0.5, 0.6) is 0 Å². The topological polar surface area (TPSA) is 6.48 Å². The summed E-state index contributed by atoms with van der Waals surface area (Å²) >= 11 is 0. The van der Waals surface area contributed by atoms with Crippen molar-refractivity contribution in [3.8, 4) is 0 Å². The van der Waals surface area contributed by atoms with Crippen molar-refractivity contribution >= 4 is 0 Å². The predicted octanol–water partition coefficient (Wildman–Crippen LogP) is 4.64. The quantitative estimate of drug-likeness (QED) is 0.735. The lowest BCUT2D eigenvalue weighted by Crippen LogP contribution is -2.40. The van der Waals surface area contributed by atoms with Crippen molar-refractivity contribution < 1.29 is 0 Å². The molecule has 3 rings (SSSR count). The maximum absolute atomic E-state index is 2.50. The zero-order chi connectivity index (χ0) is 15.9. The first-order chi connectivity index (χ1) is 11.4. The van der Waals surface area contributed by atoms with Crippen LogP contribution < -0.4 is 0 Å². The van der Waals surface area contributed by atoms with Crippen LogP contribution in [0.25, 0.3) is 0 Å². The summed E-state index contributed by atoms with van der Waals surface area (Å²) in [5.41, 5.74) is 2.77. The molecule has 120 valence electrons. The third-order valence-corrected chi connectivity index (χ3v) is 4.45. The number of nitrogens with zero attached hydrogens (tertiary/aromatic N) is 2. The molecule has 1 aliphatic rings. The normalized spacial score (nSPS) is 17.0. The van der Waals surface area contributed by atoms with Crippen LogP contribution in [-0.4, -0.2) is 22.5 Å². The molecule has 0 N–H and O–H groups in total. The molecule has 1 unspecified atom stereocenters. The van der Waals surface area contributed by atoms with E-state index in [1.165, 1.54) is 24.0 Å². The highest BCUT2D eigenvalue weighted by atomic mass is 15.4. The van der Waals surface area contributed by atoms with E-state index in [0.29, 0.717) is 6.17 Å². The Morgan fingerprint density at radius 2 is 1.39 bits per heavy atom. The Balaban J connectivity index is 1.73. The van der Waals surface area contributed by atoms with Crippen molar-refractivity contribution in [3.05, 3.63) is 84.2 Å². The molecule has 0 amide bonds. The Morgan fingerprint density at radius 1 is 0.783 bits per heavy atom. The van der Waals surface area contributed by atoms with Crippen LogP contribution in [0.3, 0.4) is 0 Å². The molecule has 0 radical (unpaired) electrons. The molecule has 1 atom stereocenters. The molecule has 2 heteroatoms. The molecule has 0 spiro atoms. The minimum atomic E-state index is 0.421. The van der Waals surface area contributed by atoms with E-state index in [-0.39, 0.29) is 0 Å². The molecule has 0 aliphatic carbocycles. The Bertz CT molecular complexity index is 606. The third-order valence-electron chi connectivity index (χ3n) is 4.45. The number of hydrogen-bond donors (Lipinski definition) is 0. The summed E-state index contributed by atoms with van der Waals surface area (Å²) in [4.78, 5) is 4.97. The van der Waals surface area contributed by atoms with Crippen LogP contribution in [0, 0.1) is 0 Å². The largest absolute Gasteiger partial charge is 0.356 e. The first-order valence-corrected chi connectivity index (χ1v) is 8.64. The minimum absolute atomic E-state index is 0.421. The number of hydrogen-bond acceptors (Lipinski definition) is 2. The SMILES string of the molecule is CCCCN1C=CN(Cc2ccccc2)C1Cc1ccccc1. The fourth-order valence-corrected chi connectivity index (χ4v) is 3.14. The van der Waals surface area contributed by atoms with E-state index in [2.05, 4.69) is 89.8 Å². The maximum Gasteiger partial charge on any atom is 0.105 e. The Kier molecular flexibility index (Phi) is 5.36. The lowest BCUT2D eigenvalue weighted by atomic mass is 10.1. The van der Waals surface area contributed by atoms with E-state index >= 15 is 0 Å². The molecular formula is C21H26N2. The van der Waals surface area contributed by atoms with Gasteiger partial charge in [0.2, 0.25) is 0 Å². The fraction of sp³-hybridized carbons (Fsp3) is 0.333. The average molecular weight is 306 g/mol. The molecule has 0 saturated heterocycles. The van der Waals surface area contributed by atoms with Crippen molar-refractivity contribution in [2.24, 2.45) is 0 Å². The zero-order valence-corrected chi connectivity index (χ0v) is 13.9. The van der Waals surface area contributed by atoms with Crippen molar-refractivity contribution in [3.63, 3.8) is 0 Å². The Labute approximate surface area is 140 Å². The van der Waals surface area contributed by atoms with Crippen LogP contribution in [-0.2, 0) is 13.0 Å². The van der Waals surface area contributed by atoms with Crippen LogP contribution in [0.4, 0.5) is 0 Å². The molecule has 2 aromatic carbocycles. The zero-order valence-electron chi connectivity index (χ0n) is 13.9. The summed E-state index contributed by atoms with van der Waals surface area (Å²) in [6.07, 6.45) is 8.49. The third kappa shape index (κ3) is 4.16. The Morgan fingerprint density at radius 3 is 2.04 bits per heavy atom. The number of rotatable bonds is 7. The molecule has 1 aliphatic heterocycles. The van der Waals surface area contributed by atoms with E-state index in [1.807, 2.05) is 0 Å². The highest BCUT2D eigenvalue weighted by Gasteiger charge is 2.25. The second-order valence-electron chi connectivity index (χ2n) is 6.22. The highest BCUT2D eigenvalue weighted by molar-refractivity contribution is 5.19. The van der Waals surface area contributed by atoms with Gasteiger partial charge in [0.1, 0.15) is 6.17 Å². The van der Waals surface area contributed by atoms with Gasteiger partial charge in [0.05, 0.1) is 0 Å². The van der Waals surface area contributed by atoms with Crippen LogP contribution >= 0.6 is 0 Å². The van der Waals surface area contributed by atoms with Crippen molar-refractivity contribution in [2.75, 3.05) is 6.54 Å².